The summed E-state index contributed by atoms with van der Waals surface area (Å²) in [5.41, 5.74) is 5.24. The standard InChI is InChI=1S/C27H27N3O3S2/c1-3-4-8-19-12-10-18(16-28)25(29-19)34-15-14-22(31)30-26-23(27(32)33-2)21-13-11-17-7-5-6-9-20(17)24(21)35-26/h5-7,9-10,12H,3-4,8,11,13-15H2,1-2H3,(H,30,31). The molecule has 4 rings (SSSR count). The van der Waals surface area contributed by atoms with E-state index in [4.69, 9.17) is 4.74 Å². The zero-order chi connectivity index (χ0) is 24.8. The first-order chi connectivity index (χ1) is 17.0. The fraction of sp³-hybridized carbons (Fsp3) is 0.333. The van der Waals surface area contributed by atoms with Gasteiger partial charge in [0.1, 0.15) is 16.1 Å². The van der Waals surface area contributed by atoms with E-state index in [0.29, 0.717) is 26.9 Å². The first-order valence-corrected chi connectivity index (χ1v) is 13.5. The molecule has 3 aromatic rings. The predicted molar refractivity (Wildman–Crippen MR) is 140 cm³/mol. The van der Waals surface area contributed by atoms with Gasteiger partial charge in [0.25, 0.3) is 0 Å². The molecule has 0 unspecified atom stereocenters. The van der Waals surface area contributed by atoms with Gasteiger partial charge in [-0.05, 0) is 54.5 Å². The number of benzene rings is 1. The van der Waals surface area contributed by atoms with E-state index in [0.717, 1.165) is 53.8 Å². The number of nitriles is 1. The van der Waals surface area contributed by atoms with Crippen molar-refractivity contribution in [1.82, 2.24) is 4.98 Å². The Labute approximate surface area is 213 Å². The highest BCUT2D eigenvalue weighted by atomic mass is 32.2. The van der Waals surface area contributed by atoms with Gasteiger partial charge in [0.05, 0.1) is 18.2 Å². The minimum Gasteiger partial charge on any atom is -0.465 e. The van der Waals surface area contributed by atoms with E-state index in [1.54, 1.807) is 6.07 Å². The Morgan fingerprint density at radius 2 is 2.06 bits per heavy atom. The molecule has 35 heavy (non-hydrogen) atoms. The summed E-state index contributed by atoms with van der Waals surface area (Å²) in [7, 11) is 1.36. The van der Waals surface area contributed by atoms with Crippen LogP contribution < -0.4 is 5.32 Å². The van der Waals surface area contributed by atoms with Crippen LogP contribution in [0.15, 0.2) is 41.4 Å². The second-order valence-corrected chi connectivity index (χ2v) is 10.4. The lowest BCUT2D eigenvalue weighted by Crippen LogP contribution is -2.15. The Kier molecular flexibility index (Phi) is 8.21. The van der Waals surface area contributed by atoms with Crippen molar-refractivity contribution in [2.24, 2.45) is 0 Å². The molecule has 2 heterocycles. The number of anilines is 1. The monoisotopic (exact) mass is 505 g/mol. The molecule has 8 heteroatoms. The number of unbranched alkanes of at least 4 members (excludes halogenated alkanes) is 1. The molecule has 180 valence electrons. The largest absolute Gasteiger partial charge is 0.465 e. The van der Waals surface area contributed by atoms with E-state index in [9.17, 15) is 14.9 Å². The number of amides is 1. The number of thioether (sulfide) groups is 1. The van der Waals surface area contributed by atoms with Crippen molar-refractivity contribution < 1.29 is 14.3 Å². The van der Waals surface area contributed by atoms with Gasteiger partial charge >= 0.3 is 5.97 Å². The summed E-state index contributed by atoms with van der Waals surface area (Å²) in [5, 5.41) is 13.6. The number of ether oxygens (including phenoxy) is 1. The number of esters is 1. The van der Waals surface area contributed by atoms with Gasteiger partial charge in [-0.1, -0.05) is 37.6 Å². The van der Waals surface area contributed by atoms with E-state index in [2.05, 4.69) is 35.4 Å². The van der Waals surface area contributed by atoms with Gasteiger partial charge in [-0.25, -0.2) is 9.78 Å². The van der Waals surface area contributed by atoms with E-state index in [1.165, 1.54) is 35.8 Å². The Morgan fingerprint density at radius 1 is 1.23 bits per heavy atom. The molecule has 0 bridgehead atoms. The fourth-order valence-electron chi connectivity index (χ4n) is 4.15. The number of aromatic nitrogens is 1. The maximum absolute atomic E-state index is 12.8. The molecule has 0 aliphatic heterocycles. The number of aryl methyl sites for hydroxylation is 2. The highest BCUT2D eigenvalue weighted by Crippen LogP contribution is 2.45. The van der Waals surface area contributed by atoms with Gasteiger partial charge in [-0.15, -0.1) is 23.1 Å². The normalized spacial score (nSPS) is 11.8. The molecule has 0 atom stereocenters. The number of carbonyl (C=O) groups is 2. The number of hydrogen-bond acceptors (Lipinski definition) is 7. The van der Waals surface area contributed by atoms with Crippen molar-refractivity contribution in [3.05, 3.63) is 64.3 Å². The number of rotatable bonds is 9. The molecule has 1 aliphatic rings. The molecule has 1 N–H and O–H groups in total. The first-order valence-electron chi connectivity index (χ1n) is 11.7. The Balaban J connectivity index is 1.47. The zero-order valence-corrected chi connectivity index (χ0v) is 21.5. The van der Waals surface area contributed by atoms with Crippen LogP contribution in [0, 0.1) is 11.3 Å². The van der Waals surface area contributed by atoms with Crippen LogP contribution in [0.2, 0.25) is 0 Å². The SMILES string of the molecule is CCCCc1ccc(C#N)c(SCCC(=O)Nc2sc3c(c2C(=O)OC)CCc2ccccc2-3)n1. The average Bonchev–Trinajstić information content (AvgIpc) is 3.25. The van der Waals surface area contributed by atoms with Crippen molar-refractivity contribution in [3.63, 3.8) is 0 Å². The zero-order valence-electron chi connectivity index (χ0n) is 19.8. The second kappa shape index (κ2) is 11.5. The number of carbonyl (C=O) groups excluding carboxylic acids is 2. The summed E-state index contributed by atoms with van der Waals surface area (Å²) in [4.78, 5) is 31.1. The molecule has 2 aromatic heterocycles. The van der Waals surface area contributed by atoms with Crippen LogP contribution in [-0.2, 0) is 28.8 Å². The third-order valence-electron chi connectivity index (χ3n) is 5.95. The second-order valence-electron chi connectivity index (χ2n) is 8.28. The van der Waals surface area contributed by atoms with Gasteiger partial charge in [0.15, 0.2) is 0 Å². The van der Waals surface area contributed by atoms with Crippen molar-refractivity contribution in [3.8, 4) is 16.5 Å². The van der Waals surface area contributed by atoms with Gasteiger partial charge in [0.2, 0.25) is 5.91 Å². The summed E-state index contributed by atoms with van der Waals surface area (Å²) in [5.74, 6) is -0.139. The summed E-state index contributed by atoms with van der Waals surface area (Å²) >= 11 is 2.84. The van der Waals surface area contributed by atoms with Crippen molar-refractivity contribution in [2.75, 3.05) is 18.2 Å². The molecule has 1 aliphatic carbocycles. The summed E-state index contributed by atoms with van der Waals surface area (Å²) < 4.78 is 5.05. The van der Waals surface area contributed by atoms with Crippen molar-refractivity contribution in [2.45, 2.75) is 50.5 Å². The van der Waals surface area contributed by atoms with Gasteiger partial charge in [-0.3, -0.25) is 4.79 Å². The molecule has 0 saturated carbocycles. The summed E-state index contributed by atoms with van der Waals surface area (Å²) in [6.45, 7) is 2.13. The number of thiophene rings is 1. The van der Waals surface area contributed by atoms with Crippen LogP contribution in [-0.4, -0.2) is 29.7 Å². The van der Waals surface area contributed by atoms with Gasteiger partial charge < -0.3 is 10.1 Å². The van der Waals surface area contributed by atoms with Crippen molar-refractivity contribution >= 4 is 40.0 Å². The minimum atomic E-state index is -0.432. The quantitative estimate of drug-likeness (QED) is 0.282. The van der Waals surface area contributed by atoms with E-state index in [1.807, 2.05) is 18.2 Å². The third-order valence-corrected chi connectivity index (χ3v) is 8.12. The first kappa shape index (κ1) is 25.0. The topological polar surface area (TPSA) is 92.1 Å². The van der Waals surface area contributed by atoms with Gasteiger partial charge in [0, 0.05) is 22.7 Å². The lowest BCUT2D eigenvalue weighted by atomic mass is 9.89. The number of pyridine rings is 1. The van der Waals surface area contributed by atoms with Crippen LogP contribution in [0.3, 0.4) is 0 Å². The lowest BCUT2D eigenvalue weighted by molar-refractivity contribution is -0.115. The minimum absolute atomic E-state index is 0.185. The Morgan fingerprint density at radius 3 is 2.83 bits per heavy atom. The van der Waals surface area contributed by atoms with E-state index >= 15 is 0 Å². The van der Waals surface area contributed by atoms with Crippen LogP contribution in [0.1, 0.15) is 58.9 Å². The van der Waals surface area contributed by atoms with Crippen LogP contribution in [0.25, 0.3) is 10.4 Å². The van der Waals surface area contributed by atoms with Crippen LogP contribution in [0.4, 0.5) is 5.00 Å². The average molecular weight is 506 g/mol. The molecule has 0 spiro atoms. The number of hydrogen-bond donors (Lipinski definition) is 1. The summed E-state index contributed by atoms with van der Waals surface area (Å²) in [6, 6.07) is 14.1. The Bertz CT molecular complexity index is 1290. The molecule has 1 amide bonds. The smallest absolute Gasteiger partial charge is 0.341 e. The van der Waals surface area contributed by atoms with E-state index < -0.39 is 5.97 Å². The molecular formula is C27H27N3O3S2. The van der Waals surface area contributed by atoms with Gasteiger partial charge in [-0.2, -0.15) is 5.26 Å². The number of fused-ring (bicyclic) bond motifs is 3. The Hall–Kier alpha value is -3.15. The lowest BCUT2D eigenvalue weighted by Gasteiger charge is -2.16. The van der Waals surface area contributed by atoms with E-state index in [-0.39, 0.29) is 12.3 Å². The number of nitrogens with zero attached hydrogens (tertiary/aromatic N) is 2. The van der Waals surface area contributed by atoms with Crippen LogP contribution >= 0.6 is 23.1 Å². The highest BCUT2D eigenvalue weighted by Gasteiger charge is 2.29. The predicted octanol–water partition coefficient (Wildman–Crippen LogP) is 6.03. The molecular weight excluding hydrogens is 478 g/mol. The highest BCUT2D eigenvalue weighted by molar-refractivity contribution is 7.99. The molecule has 1 aromatic carbocycles. The molecule has 0 radical (unpaired) electrons. The molecule has 6 nitrogen and oxygen atoms in total. The van der Waals surface area contributed by atoms with Crippen molar-refractivity contribution in [1.29, 1.82) is 5.26 Å². The van der Waals surface area contributed by atoms with Crippen LogP contribution in [0.5, 0.6) is 0 Å². The number of nitrogens with one attached hydrogen (secondary N) is 1. The molecule has 0 saturated heterocycles. The summed E-state index contributed by atoms with van der Waals surface area (Å²) in [6.07, 6.45) is 4.81. The molecule has 0 fully saturated rings. The third kappa shape index (κ3) is 5.58. The maximum atomic E-state index is 12.8. The maximum Gasteiger partial charge on any atom is 0.341 e. The fourth-order valence-corrected chi connectivity index (χ4v) is 6.39. The number of methoxy groups -OCH3 is 1.